The molecule has 1 heterocycles. The second-order valence-electron chi connectivity index (χ2n) is 2.95. The van der Waals surface area contributed by atoms with E-state index >= 15 is 0 Å². The van der Waals surface area contributed by atoms with Gasteiger partial charge in [0.25, 0.3) is 0 Å². The molecule has 0 atom stereocenters. The maximum atomic E-state index is 13.4. The van der Waals surface area contributed by atoms with Gasteiger partial charge in [-0.25, -0.2) is 13.2 Å². The third kappa shape index (κ3) is 1.51. The summed E-state index contributed by atoms with van der Waals surface area (Å²) in [5.41, 5.74) is 4.88. The van der Waals surface area contributed by atoms with Gasteiger partial charge in [-0.1, -0.05) is 16.8 Å². The van der Waals surface area contributed by atoms with Crippen LogP contribution in [0.4, 0.5) is 19.1 Å². The lowest BCUT2D eigenvalue weighted by Crippen LogP contribution is -1.95. The van der Waals surface area contributed by atoms with Gasteiger partial charge in [0, 0.05) is 5.56 Å². The Hall–Kier alpha value is -1.69. The number of nitrogen functional groups attached to an aromatic ring is 1. The fraction of sp³-hybridized carbons (Fsp3) is 0. The van der Waals surface area contributed by atoms with E-state index in [0.29, 0.717) is 0 Å². The zero-order chi connectivity index (χ0) is 11.9. The van der Waals surface area contributed by atoms with Crippen LogP contribution in [0.5, 0.6) is 0 Å². The Balaban J connectivity index is 2.72. The van der Waals surface area contributed by atoms with Crippen molar-refractivity contribution in [1.82, 2.24) is 5.16 Å². The van der Waals surface area contributed by atoms with Gasteiger partial charge in [0.1, 0.15) is 10.8 Å². The quantitative estimate of drug-likeness (QED) is 0.623. The molecule has 0 unspecified atom stereocenters. The molecular weight excluding hydrogens is 245 g/mol. The molecule has 1 aromatic carbocycles. The Bertz CT molecular complexity index is 556. The summed E-state index contributed by atoms with van der Waals surface area (Å²) in [5, 5.41) is 2.37. The first-order valence-electron chi connectivity index (χ1n) is 4.06. The van der Waals surface area contributed by atoms with E-state index in [-0.39, 0.29) is 11.4 Å². The molecule has 1 aromatic heterocycles. The van der Waals surface area contributed by atoms with E-state index in [0.717, 1.165) is 12.3 Å². The summed E-state index contributed by atoms with van der Waals surface area (Å²) in [6.45, 7) is 0. The molecule has 0 bridgehead atoms. The maximum Gasteiger partial charge on any atom is 0.230 e. The third-order valence-electron chi connectivity index (χ3n) is 1.99. The first-order valence-corrected chi connectivity index (χ1v) is 4.43. The van der Waals surface area contributed by atoms with Crippen molar-refractivity contribution in [2.24, 2.45) is 0 Å². The van der Waals surface area contributed by atoms with Crippen LogP contribution < -0.4 is 5.73 Å². The lowest BCUT2D eigenvalue weighted by atomic mass is 10.1. The van der Waals surface area contributed by atoms with Gasteiger partial charge in [-0.05, 0) is 6.07 Å². The summed E-state index contributed by atoms with van der Waals surface area (Å²) < 4.78 is 44.2. The molecule has 16 heavy (non-hydrogen) atoms. The zero-order valence-electron chi connectivity index (χ0n) is 7.60. The number of anilines is 1. The van der Waals surface area contributed by atoms with Crippen LogP contribution in [0.2, 0.25) is 5.02 Å². The summed E-state index contributed by atoms with van der Waals surface area (Å²) in [5.74, 6) is -4.10. The van der Waals surface area contributed by atoms with E-state index in [1.165, 1.54) is 0 Å². The molecule has 84 valence electrons. The van der Waals surface area contributed by atoms with Gasteiger partial charge in [0.05, 0.1) is 11.8 Å². The third-order valence-corrected chi connectivity index (χ3v) is 2.34. The monoisotopic (exact) mass is 248 g/mol. The highest BCUT2D eigenvalue weighted by Gasteiger charge is 2.21. The summed E-state index contributed by atoms with van der Waals surface area (Å²) in [4.78, 5) is 0. The highest BCUT2D eigenvalue weighted by atomic mass is 35.5. The van der Waals surface area contributed by atoms with E-state index in [4.69, 9.17) is 17.3 Å². The lowest BCUT2D eigenvalue weighted by Gasteiger charge is -2.04. The molecule has 2 N–H and O–H groups in total. The lowest BCUT2D eigenvalue weighted by molar-refractivity contribution is 0.436. The second kappa shape index (κ2) is 3.71. The predicted octanol–water partition coefficient (Wildman–Crippen LogP) is 2.99. The van der Waals surface area contributed by atoms with E-state index in [2.05, 4.69) is 9.68 Å². The molecule has 0 aliphatic carbocycles. The standard InChI is InChI=1S/C9H4ClF3N2O/c10-6-5(11)1-3(7(12)8(6)13)4-2-15-16-9(4)14/h1-2H,14H2. The van der Waals surface area contributed by atoms with Gasteiger partial charge in [-0.3, -0.25) is 0 Å². The van der Waals surface area contributed by atoms with Crippen molar-refractivity contribution >= 4 is 17.5 Å². The molecule has 2 rings (SSSR count). The Morgan fingerprint density at radius 2 is 1.88 bits per heavy atom. The Kier molecular flexibility index (Phi) is 2.51. The normalized spacial score (nSPS) is 10.8. The molecule has 2 aromatic rings. The molecule has 0 fully saturated rings. The van der Waals surface area contributed by atoms with Gasteiger partial charge in [0.15, 0.2) is 11.6 Å². The number of rotatable bonds is 1. The first-order chi connectivity index (χ1) is 7.52. The van der Waals surface area contributed by atoms with Crippen LogP contribution in [0.1, 0.15) is 0 Å². The first kappa shape index (κ1) is 10.8. The summed E-state index contributed by atoms with van der Waals surface area (Å²) in [7, 11) is 0. The minimum absolute atomic E-state index is 0.0352. The zero-order valence-corrected chi connectivity index (χ0v) is 8.36. The molecule has 0 saturated heterocycles. The van der Waals surface area contributed by atoms with Crippen LogP contribution in [0.15, 0.2) is 16.8 Å². The van der Waals surface area contributed by atoms with Crippen molar-refractivity contribution < 1.29 is 17.7 Å². The van der Waals surface area contributed by atoms with Crippen LogP contribution in [-0.2, 0) is 0 Å². The van der Waals surface area contributed by atoms with Crippen LogP contribution in [0, 0.1) is 17.5 Å². The number of nitrogens with zero attached hydrogens (tertiary/aromatic N) is 1. The largest absolute Gasteiger partial charge is 0.367 e. The minimum Gasteiger partial charge on any atom is -0.367 e. The molecule has 0 aliphatic heterocycles. The average molecular weight is 249 g/mol. The predicted molar refractivity (Wildman–Crippen MR) is 51.2 cm³/mol. The summed E-state index contributed by atoms with van der Waals surface area (Å²) >= 11 is 5.20. The molecule has 0 spiro atoms. The van der Waals surface area contributed by atoms with E-state index in [1.54, 1.807) is 0 Å². The summed E-state index contributed by atoms with van der Waals surface area (Å²) in [6.07, 6.45) is 1.06. The maximum absolute atomic E-state index is 13.4. The molecule has 0 aliphatic rings. The van der Waals surface area contributed by atoms with Crippen LogP contribution >= 0.6 is 11.6 Å². The van der Waals surface area contributed by atoms with Gasteiger partial charge >= 0.3 is 0 Å². The fourth-order valence-electron chi connectivity index (χ4n) is 1.22. The number of aromatic nitrogens is 1. The van der Waals surface area contributed by atoms with E-state index < -0.39 is 28.0 Å². The van der Waals surface area contributed by atoms with Crippen LogP contribution in [0.25, 0.3) is 11.1 Å². The van der Waals surface area contributed by atoms with Crippen LogP contribution in [0.3, 0.4) is 0 Å². The minimum atomic E-state index is -1.47. The van der Waals surface area contributed by atoms with Gasteiger partial charge in [-0.15, -0.1) is 0 Å². The molecule has 3 nitrogen and oxygen atoms in total. The molecule has 0 amide bonds. The molecule has 0 saturated carbocycles. The Labute approximate surface area is 92.6 Å². The number of hydrogen-bond donors (Lipinski definition) is 1. The summed E-state index contributed by atoms with van der Waals surface area (Å²) in [6, 6.07) is 0.726. The number of hydrogen-bond acceptors (Lipinski definition) is 3. The van der Waals surface area contributed by atoms with Crippen molar-refractivity contribution in [1.29, 1.82) is 0 Å². The van der Waals surface area contributed by atoms with Gasteiger partial charge in [-0.2, -0.15) is 0 Å². The highest BCUT2D eigenvalue weighted by Crippen LogP contribution is 2.33. The highest BCUT2D eigenvalue weighted by molar-refractivity contribution is 6.31. The average Bonchev–Trinajstić information content (AvgIpc) is 2.67. The van der Waals surface area contributed by atoms with Crippen molar-refractivity contribution in [3.63, 3.8) is 0 Å². The smallest absolute Gasteiger partial charge is 0.230 e. The molecular formula is C9H4ClF3N2O. The van der Waals surface area contributed by atoms with E-state index in [9.17, 15) is 13.2 Å². The number of nitrogens with two attached hydrogens (primary N) is 1. The van der Waals surface area contributed by atoms with Crippen molar-refractivity contribution in [2.75, 3.05) is 5.73 Å². The topological polar surface area (TPSA) is 52.0 Å². The molecule has 7 heteroatoms. The SMILES string of the molecule is Nc1oncc1-c1cc(F)c(Cl)c(F)c1F. The fourth-order valence-corrected chi connectivity index (χ4v) is 1.36. The Morgan fingerprint density at radius 1 is 1.19 bits per heavy atom. The van der Waals surface area contributed by atoms with Crippen molar-refractivity contribution in [3.05, 3.63) is 34.7 Å². The van der Waals surface area contributed by atoms with Crippen molar-refractivity contribution in [2.45, 2.75) is 0 Å². The molecule has 0 radical (unpaired) electrons. The Morgan fingerprint density at radius 3 is 2.44 bits per heavy atom. The van der Waals surface area contributed by atoms with Gasteiger partial charge in [0.2, 0.25) is 5.88 Å². The van der Waals surface area contributed by atoms with Crippen LogP contribution in [-0.4, -0.2) is 5.16 Å². The van der Waals surface area contributed by atoms with Gasteiger partial charge < -0.3 is 10.3 Å². The number of benzene rings is 1. The van der Waals surface area contributed by atoms with Crippen molar-refractivity contribution in [3.8, 4) is 11.1 Å². The van der Waals surface area contributed by atoms with E-state index in [1.807, 2.05) is 0 Å². The number of halogens is 4. The second-order valence-corrected chi connectivity index (χ2v) is 3.33.